The summed E-state index contributed by atoms with van der Waals surface area (Å²) in [5.41, 5.74) is 0. The maximum absolute atomic E-state index is 2.28. The molecular formula is C16H24S2. The molecule has 1 aromatic carbocycles. The van der Waals surface area contributed by atoms with Gasteiger partial charge in [-0.1, -0.05) is 64.0 Å². The summed E-state index contributed by atoms with van der Waals surface area (Å²) in [6.45, 7) is 2.28. The zero-order valence-corrected chi connectivity index (χ0v) is 13.0. The van der Waals surface area contributed by atoms with Crippen molar-refractivity contribution in [3.8, 4) is 0 Å². The first-order valence-electron chi connectivity index (χ1n) is 7.32. The molecule has 100 valence electrons. The van der Waals surface area contributed by atoms with Crippen LogP contribution in [0, 0.1) is 0 Å². The maximum atomic E-state index is 2.28. The van der Waals surface area contributed by atoms with Gasteiger partial charge in [0.15, 0.2) is 0 Å². The molecule has 0 amide bonds. The molecule has 0 bridgehead atoms. The zero-order valence-electron chi connectivity index (χ0n) is 11.4. The minimum atomic E-state index is 0.776. The van der Waals surface area contributed by atoms with Crippen LogP contribution in [0.25, 0.3) is 0 Å². The van der Waals surface area contributed by atoms with E-state index in [2.05, 4.69) is 54.7 Å². The number of hydrogen-bond acceptors (Lipinski definition) is 2. The quantitative estimate of drug-likeness (QED) is 0.509. The number of thioether (sulfide) groups is 2. The van der Waals surface area contributed by atoms with Crippen molar-refractivity contribution in [1.29, 1.82) is 0 Å². The maximum Gasteiger partial charge on any atom is 0.0597 e. The molecule has 1 aromatic rings. The molecule has 0 saturated heterocycles. The molecule has 1 heterocycles. The smallest absolute Gasteiger partial charge is 0.0597 e. The largest absolute Gasteiger partial charge is 0.110 e. The van der Waals surface area contributed by atoms with Crippen LogP contribution in [-0.2, 0) is 0 Å². The molecule has 18 heavy (non-hydrogen) atoms. The molecule has 0 radical (unpaired) electrons. The molecule has 0 atom stereocenters. The Morgan fingerprint density at radius 1 is 0.833 bits per heavy atom. The molecule has 0 fully saturated rings. The molecule has 0 N–H and O–H groups in total. The molecule has 0 nitrogen and oxygen atoms in total. The Hall–Kier alpha value is -0.0800. The van der Waals surface area contributed by atoms with Gasteiger partial charge in [0.2, 0.25) is 0 Å². The Morgan fingerprint density at radius 2 is 1.39 bits per heavy atom. The second kappa shape index (κ2) is 8.16. The minimum absolute atomic E-state index is 0.776. The predicted octanol–water partition coefficient (Wildman–Crippen LogP) is 6.35. The molecule has 1 aliphatic heterocycles. The molecule has 0 unspecified atom stereocenters. The van der Waals surface area contributed by atoms with E-state index < -0.39 is 0 Å². The van der Waals surface area contributed by atoms with Crippen LogP contribution in [0.2, 0.25) is 0 Å². The molecule has 0 saturated carbocycles. The van der Waals surface area contributed by atoms with Crippen molar-refractivity contribution in [2.45, 2.75) is 72.7 Å². The van der Waals surface area contributed by atoms with Crippen LogP contribution >= 0.6 is 23.5 Å². The van der Waals surface area contributed by atoms with E-state index in [1.54, 1.807) is 0 Å². The molecule has 0 aliphatic carbocycles. The SMILES string of the molecule is CCCCCCCCCC1Sc2ccccc2S1. The lowest BCUT2D eigenvalue weighted by Gasteiger charge is -2.07. The third-order valence-electron chi connectivity index (χ3n) is 3.41. The van der Waals surface area contributed by atoms with Crippen molar-refractivity contribution in [2.24, 2.45) is 0 Å². The monoisotopic (exact) mass is 280 g/mol. The number of hydrogen-bond donors (Lipinski definition) is 0. The highest BCUT2D eigenvalue weighted by Gasteiger charge is 2.21. The van der Waals surface area contributed by atoms with Crippen molar-refractivity contribution in [2.75, 3.05) is 0 Å². The van der Waals surface area contributed by atoms with Crippen LogP contribution < -0.4 is 0 Å². The summed E-state index contributed by atoms with van der Waals surface area (Å²) in [6.07, 6.45) is 11.3. The van der Waals surface area contributed by atoms with Gasteiger partial charge in [0.1, 0.15) is 0 Å². The van der Waals surface area contributed by atoms with Gasteiger partial charge >= 0.3 is 0 Å². The van der Waals surface area contributed by atoms with Crippen LogP contribution in [0.1, 0.15) is 58.3 Å². The van der Waals surface area contributed by atoms with Gasteiger partial charge in [-0.3, -0.25) is 0 Å². The Morgan fingerprint density at radius 3 is 2.00 bits per heavy atom. The van der Waals surface area contributed by atoms with Crippen molar-refractivity contribution >= 4 is 23.5 Å². The first-order chi connectivity index (χ1) is 8.90. The average Bonchev–Trinajstić information content (AvgIpc) is 2.80. The first-order valence-corrected chi connectivity index (χ1v) is 9.08. The summed E-state index contributed by atoms with van der Waals surface area (Å²) in [7, 11) is 0. The highest BCUT2D eigenvalue weighted by molar-refractivity contribution is 8.19. The van der Waals surface area contributed by atoms with E-state index in [4.69, 9.17) is 0 Å². The number of rotatable bonds is 8. The fourth-order valence-electron chi connectivity index (χ4n) is 2.34. The van der Waals surface area contributed by atoms with E-state index >= 15 is 0 Å². The third-order valence-corrected chi connectivity index (χ3v) is 6.33. The highest BCUT2D eigenvalue weighted by atomic mass is 32.2. The Labute approximate surface area is 120 Å². The minimum Gasteiger partial charge on any atom is -0.110 e. The second-order valence-corrected chi connectivity index (χ2v) is 7.81. The van der Waals surface area contributed by atoms with Gasteiger partial charge in [-0.05, 0) is 18.6 Å². The average molecular weight is 281 g/mol. The van der Waals surface area contributed by atoms with Gasteiger partial charge in [0, 0.05) is 9.79 Å². The highest BCUT2D eigenvalue weighted by Crippen LogP contribution is 2.49. The van der Waals surface area contributed by atoms with E-state index in [1.165, 1.54) is 61.2 Å². The molecule has 0 aromatic heterocycles. The van der Waals surface area contributed by atoms with Crippen molar-refractivity contribution in [1.82, 2.24) is 0 Å². The van der Waals surface area contributed by atoms with Gasteiger partial charge in [-0.15, -0.1) is 23.5 Å². The summed E-state index contributed by atoms with van der Waals surface area (Å²) in [6, 6.07) is 8.83. The van der Waals surface area contributed by atoms with Gasteiger partial charge in [-0.2, -0.15) is 0 Å². The Balaban J connectivity index is 1.54. The van der Waals surface area contributed by atoms with Crippen molar-refractivity contribution in [3.63, 3.8) is 0 Å². The fraction of sp³-hybridized carbons (Fsp3) is 0.625. The van der Waals surface area contributed by atoms with Gasteiger partial charge in [0.25, 0.3) is 0 Å². The lowest BCUT2D eigenvalue weighted by Crippen LogP contribution is -1.91. The summed E-state index contributed by atoms with van der Waals surface area (Å²) in [5.74, 6) is 0. The fourth-order valence-corrected chi connectivity index (χ4v) is 5.26. The van der Waals surface area contributed by atoms with E-state index in [0.717, 1.165) is 4.58 Å². The standard InChI is InChI=1S/C16H24S2/c1-2-3-4-5-6-7-8-13-16-17-14-11-9-10-12-15(14)18-16/h9-12,16H,2-8,13H2,1H3. The van der Waals surface area contributed by atoms with Gasteiger partial charge in [0.05, 0.1) is 4.58 Å². The summed E-state index contributed by atoms with van der Waals surface area (Å²) in [5, 5.41) is 0. The molecule has 2 rings (SSSR count). The van der Waals surface area contributed by atoms with Gasteiger partial charge in [-0.25, -0.2) is 0 Å². The molecule has 2 heteroatoms. The first kappa shape index (κ1) is 14.3. The van der Waals surface area contributed by atoms with Gasteiger partial charge < -0.3 is 0 Å². The van der Waals surface area contributed by atoms with Crippen LogP contribution in [0.3, 0.4) is 0 Å². The second-order valence-electron chi connectivity index (χ2n) is 5.02. The van der Waals surface area contributed by atoms with E-state index in [0.29, 0.717) is 0 Å². The normalized spacial score (nSPS) is 14.9. The predicted molar refractivity (Wildman–Crippen MR) is 84.6 cm³/mol. The van der Waals surface area contributed by atoms with Crippen LogP contribution in [0.15, 0.2) is 34.1 Å². The van der Waals surface area contributed by atoms with Crippen molar-refractivity contribution in [3.05, 3.63) is 24.3 Å². The summed E-state index contributed by atoms with van der Waals surface area (Å²) >= 11 is 4.14. The zero-order chi connectivity index (χ0) is 12.6. The van der Waals surface area contributed by atoms with E-state index in [9.17, 15) is 0 Å². The lowest BCUT2D eigenvalue weighted by atomic mass is 10.1. The summed E-state index contributed by atoms with van der Waals surface area (Å²) in [4.78, 5) is 2.99. The van der Waals surface area contributed by atoms with Crippen molar-refractivity contribution < 1.29 is 0 Å². The Bertz CT molecular complexity index is 324. The molecular weight excluding hydrogens is 256 g/mol. The number of benzene rings is 1. The molecule has 0 spiro atoms. The lowest BCUT2D eigenvalue weighted by molar-refractivity contribution is 0.584. The van der Waals surface area contributed by atoms with Crippen LogP contribution in [-0.4, -0.2) is 4.58 Å². The van der Waals surface area contributed by atoms with E-state index in [1.807, 2.05) is 0 Å². The Kier molecular flexibility index (Phi) is 6.50. The van der Waals surface area contributed by atoms with Crippen LogP contribution in [0.5, 0.6) is 0 Å². The van der Waals surface area contributed by atoms with Crippen LogP contribution in [0.4, 0.5) is 0 Å². The molecule has 1 aliphatic rings. The van der Waals surface area contributed by atoms with E-state index in [-0.39, 0.29) is 0 Å². The summed E-state index contributed by atoms with van der Waals surface area (Å²) < 4.78 is 0.776. The third kappa shape index (κ3) is 4.55. The number of fused-ring (bicyclic) bond motifs is 1. The topological polar surface area (TPSA) is 0 Å². The number of unbranched alkanes of at least 4 members (excludes halogenated alkanes) is 6.